The summed E-state index contributed by atoms with van der Waals surface area (Å²) in [4.78, 5) is 26.7. The molecule has 1 aromatic heterocycles. The molecule has 2 rings (SSSR count). The molecule has 6 heteroatoms. The minimum atomic E-state index is -0.414. The van der Waals surface area contributed by atoms with Crippen molar-refractivity contribution in [3.05, 3.63) is 56.7 Å². The van der Waals surface area contributed by atoms with Crippen LogP contribution in [0, 0.1) is 0 Å². The zero-order valence-electron chi connectivity index (χ0n) is 13.2. The van der Waals surface area contributed by atoms with Gasteiger partial charge in [0.05, 0.1) is 13.2 Å². The molecule has 2 aromatic rings. The summed E-state index contributed by atoms with van der Waals surface area (Å²) in [6, 6.07) is 8.76. The summed E-state index contributed by atoms with van der Waals surface area (Å²) in [6.07, 6.45) is 0. The van der Waals surface area contributed by atoms with Gasteiger partial charge in [-0.3, -0.25) is 14.3 Å². The number of anilines is 1. The van der Waals surface area contributed by atoms with Gasteiger partial charge < -0.3 is 10.1 Å². The number of benzene rings is 1. The second-order valence-electron chi connectivity index (χ2n) is 5.43. The van der Waals surface area contributed by atoms with E-state index in [4.69, 9.17) is 4.74 Å². The van der Waals surface area contributed by atoms with Crippen LogP contribution in [0.2, 0.25) is 0 Å². The van der Waals surface area contributed by atoms with Crippen molar-refractivity contribution in [2.45, 2.75) is 32.9 Å². The van der Waals surface area contributed by atoms with E-state index in [0.29, 0.717) is 5.82 Å². The molecule has 0 saturated heterocycles. The summed E-state index contributed by atoms with van der Waals surface area (Å²) in [5, 5.41) is 3.13. The molecule has 0 aliphatic carbocycles. The van der Waals surface area contributed by atoms with Gasteiger partial charge >= 0.3 is 5.69 Å². The number of nitrogens with one attached hydrogen (secondary N) is 2. The zero-order chi connectivity index (χ0) is 16.3. The molecule has 6 nitrogen and oxygen atoms in total. The lowest BCUT2D eigenvalue weighted by atomic mass is 10.1. The number of nitrogens with zero attached hydrogens (tertiary/aromatic N) is 1. The fraction of sp³-hybridized carbons (Fsp3) is 0.375. The van der Waals surface area contributed by atoms with Crippen LogP contribution in [0.25, 0.3) is 0 Å². The Morgan fingerprint density at radius 3 is 2.50 bits per heavy atom. The highest BCUT2D eigenvalue weighted by Gasteiger charge is 2.11. The second-order valence-corrected chi connectivity index (χ2v) is 5.43. The summed E-state index contributed by atoms with van der Waals surface area (Å²) in [6.45, 7) is 5.53. The van der Waals surface area contributed by atoms with E-state index >= 15 is 0 Å². The first-order valence-electron chi connectivity index (χ1n) is 7.18. The molecular formula is C16H21N3O3. The zero-order valence-corrected chi connectivity index (χ0v) is 13.2. The first-order chi connectivity index (χ1) is 10.4. The van der Waals surface area contributed by atoms with Crippen molar-refractivity contribution in [3.63, 3.8) is 0 Å². The molecule has 0 aliphatic heterocycles. The Balaban J connectivity index is 2.27. The number of hydrogen-bond acceptors (Lipinski definition) is 4. The molecule has 0 unspecified atom stereocenters. The van der Waals surface area contributed by atoms with E-state index in [1.165, 1.54) is 10.6 Å². The molecule has 1 atom stereocenters. The Hall–Kier alpha value is -2.50. The van der Waals surface area contributed by atoms with Crippen LogP contribution >= 0.6 is 0 Å². The minimum Gasteiger partial charge on any atom is -0.497 e. The van der Waals surface area contributed by atoms with E-state index < -0.39 is 5.69 Å². The first kappa shape index (κ1) is 15.9. The number of H-pyrrole nitrogens is 1. The van der Waals surface area contributed by atoms with Crippen molar-refractivity contribution in [3.8, 4) is 5.75 Å². The van der Waals surface area contributed by atoms with E-state index in [2.05, 4.69) is 10.3 Å². The molecule has 0 aliphatic rings. The van der Waals surface area contributed by atoms with Crippen molar-refractivity contribution in [1.82, 2.24) is 9.55 Å². The van der Waals surface area contributed by atoms with Gasteiger partial charge in [-0.25, -0.2) is 4.79 Å². The number of methoxy groups -OCH3 is 1. The number of aromatic nitrogens is 2. The maximum atomic E-state index is 12.0. The Morgan fingerprint density at radius 2 is 1.91 bits per heavy atom. The maximum Gasteiger partial charge on any atom is 0.330 e. The van der Waals surface area contributed by atoms with Gasteiger partial charge in [0, 0.05) is 12.1 Å². The summed E-state index contributed by atoms with van der Waals surface area (Å²) in [7, 11) is 1.61. The van der Waals surface area contributed by atoms with Crippen LogP contribution in [0.3, 0.4) is 0 Å². The molecule has 0 fully saturated rings. The van der Waals surface area contributed by atoms with Gasteiger partial charge in [-0.15, -0.1) is 0 Å². The van der Waals surface area contributed by atoms with Crippen molar-refractivity contribution in [1.29, 1.82) is 0 Å². The minimum absolute atomic E-state index is 0.0833. The van der Waals surface area contributed by atoms with Gasteiger partial charge in [-0.2, -0.15) is 0 Å². The third-order valence-corrected chi connectivity index (χ3v) is 3.45. The quantitative estimate of drug-likeness (QED) is 0.888. The van der Waals surface area contributed by atoms with Crippen LogP contribution < -0.4 is 21.3 Å². The smallest absolute Gasteiger partial charge is 0.330 e. The van der Waals surface area contributed by atoms with Gasteiger partial charge in [-0.1, -0.05) is 12.1 Å². The molecule has 0 spiro atoms. The molecular weight excluding hydrogens is 282 g/mol. The highest BCUT2D eigenvalue weighted by Crippen LogP contribution is 2.21. The van der Waals surface area contributed by atoms with E-state index in [-0.39, 0.29) is 17.6 Å². The van der Waals surface area contributed by atoms with Gasteiger partial charge in [0.15, 0.2) is 0 Å². The van der Waals surface area contributed by atoms with Crippen molar-refractivity contribution < 1.29 is 4.74 Å². The Morgan fingerprint density at radius 1 is 1.18 bits per heavy atom. The van der Waals surface area contributed by atoms with Crippen LogP contribution in [0.5, 0.6) is 5.75 Å². The summed E-state index contributed by atoms with van der Waals surface area (Å²) in [5.41, 5.74) is 0.259. The van der Waals surface area contributed by atoms with Crippen molar-refractivity contribution in [2.24, 2.45) is 0 Å². The number of ether oxygens (including phenoxy) is 1. The fourth-order valence-electron chi connectivity index (χ4n) is 2.30. The lowest BCUT2D eigenvalue weighted by molar-refractivity contribution is 0.414. The number of aromatic amines is 1. The molecule has 0 bridgehead atoms. The fourth-order valence-corrected chi connectivity index (χ4v) is 2.30. The molecule has 22 heavy (non-hydrogen) atoms. The van der Waals surface area contributed by atoms with E-state index in [0.717, 1.165) is 11.3 Å². The van der Waals surface area contributed by atoms with Crippen LogP contribution in [0.4, 0.5) is 5.82 Å². The Labute approximate surface area is 128 Å². The molecule has 2 N–H and O–H groups in total. The summed E-state index contributed by atoms with van der Waals surface area (Å²) in [5.74, 6) is 1.16. The molecule has 0 radical (unpaired) electrons. The van der Waals surface area contributed by atoms with Gasteiger partial charge in [0.2, 0.25) is 0 Å². The third kappa shape index (κ3) is 3.39. The van der Waals surface area contributed by atoms with E-state index in [1.54, 1.807) is 21.0 Å². The molecule has 0 saturated carbocycles. The topological polar surface area (TPSA) is 76.1 Å². The average molecular weight is 303 g/mol. The summed E-state index contributed by atoms with van der Waals surface area (Å²) < 4.78 is 6.38. The van der Waals surface area contributed by atoms with E-state index in [9.17, 15) is 9.59 Å². The van der Waals surface area contributed by atoms with Gasteiger partial charge in [0.25, 0.3) is 5.56 Å². The van der Waals surface area contributed by atoms with Crippen molar-refractivity contribution >= 4 is 5.82 Å². The van der Waals surface area contributed by atoms with Crippen molar-refractivity contribution in [2.75, 3.05) is 12.4 Å². The molecule has 0 amide bonds. The van der Waals surface area contributed by atoms with Crippen LogP contribution in [-0.2, 0) is 0 Å². The Kier molecular flexibility index (Phi) is 4.70. The summed E-state index contributed by atoms with van der Waals surface area (Å²) >= 11 is 0. The monoisotopic (exact) mass is 303 g/mol. The normalized spacial score (nSPS) is 12.2. The molecule has 118 valence electrons. The SMILES string of the molecule is COc1cccc([C@@H](C)Nc2cc(=O)n(C(C)C)c(=O)[nH]2)c1. The highest BCUT2D eigenvalue weighted by atomic mass is 16.5. The second kappa shape index (κ2) is 6.51. The predicted molar refractivity (Wildman–Crippen MR) is 86.7 cm³/mol. The highest BCUT2D eigenvalue weighted by molar-refractivity contribution is 5.39. The van der Waals surface area contributed by atoms with Crippen LogP contribution in [0.15, 0.2) is 39.9 Å². The maximum absolute atomic E-state index is 12.0. The number of hydrogen-bond donors (Lipinski definition) is 2. The predicted octanol–water partition coefficient (Wildman–Crippen LogP) is 2.30. The lowest BCUT2D eigenvalue weighted by Crippen LogP contribution is -2.36. The van der Waals surface area contributed by atoms with Crippen LogP contribution in [-0.4, -0.2) is 16.7 Å². The van der Waals surface area contributed by atoms with Crippen LogP contribution in [0.1, 0.15) is 38.4 Å². The lowest BCUT2D eigenvalue weighted by Gasteiger charge is -2.17. The van der Waals surface area contributed by atoms with Gasteiger partial charge in [-0.05, 0) is 38.5 Å². The molecule has 1 aromatic carbocycles. The van der Waals surface area contributed by atoms with E-state index in [1.807, 2.05) is 31.2 Å². The average Bonchev–Trinajstić information content (AvgIpc) is 2.46. The molecule has 1 heterocycles. The largest absolute Gasteiger partial charge is 0.497 e. The third-order valence-electron chi connectivity index (χ3n) is 3.45. The number of rotatable bonds is 5. The standard InChI is InChI=1S/C16H21N3O3/c1-10(2)19-15(20)9-14(18-16(19)21)17-11(3)12-6-5-7-13(8-12)22-4/h5-11,17H,1-4H3,(H,18,21)/t11-/m1/s1. The first-order valence-corrected chi connectivity index (χ1v) is 7.18. The Bertz CT molecular complexity index is 730. The van der Waals surface area contributed by atoms with Gasteiger partial charge in [0.1, 0.15) is 11.6 Å².